The van der Waals surface area contributed by atoms with Crippen LogP contribution in [0.2, 0.25) is 0 Å². The Balaban J connectivity index is 1.83. The molecule has 7 heteroatoms. The Morgan fingerprint density at radius 3 is 2.23 bits per heavy atom. The number of hydrogen-bond acceptors (Lipinski definition) is 1. The van der Waals surface area contributed by atoms with E-state index in [2.05, 4.69) is 0 Å². The molecule has 0 amide bonds. The van der Waals surface area contributed by atoms with Crippen LogP contribution in [-0.2, 0) is 6.54 Å². The number of quaternary nitrogens is 2. The molecule has 1 aliphatic heterocycles. The van der Waals surface area contributed by atoms with Crippen molar-refractivity contribution < 1.29 is 32.5 Å². The number of alkyl halides is 3. The molecule has 0 aliphatic carbocycles. The van der Waals surface area contributed by atoms with E-state index in [1.54, 1.807) is 12.1 Å². The van der Waals surface area contributed by atoms with Crippen LogP contribution in [0.5, 0.6) is 0 Å². The number of hydrogen-bond donors (Lipinski definition) is 3. The number of aliphatic hydroxyl groups is 1. The average Bonchev–Trinajstić information content (AvgIpc) is 2.66. The topological polar surface area (TPSA) is 29.1 Å². The van der Waals surface area contributed by atoms with Crippen LogP contribution in [-0.4, -0.2) is 50.1 Å². The summed E-state index contributed by atoms with van der Waals surface area (Å²) in [6.07, 6.45) is -5.97. The smallest absolute Gasteiger partial charge is 0.379 e. The molecule has 0 radical (unpaired) electrons. The highest BCUT2D eigenvalue weighted by molar-refractivity contribution is 5.14. The van der Waals surface area contributed by atoms with Crippen molar-refractivity contribution in [2.75, 3.05) is 32.7 Å². The molecule has 0 spiro atoms. The minimum Gasteiger partial charge on any atom is -0.379 e. The first-order chi connectivity index (χ1) is 10.3. The van der Waals surface area contributed by atoms with E-state index in [9.17, 15) is 17.6 Å². The van der Waals surface area contributed by atoms with Crippen molar-refractivity contribution in [3.05, 3.63) is 35.6 Å². The van der Waals surface area contributed by atoms with Gasteiger partial charge in [0.25, 0.3) is 0 Å². The second-order valence-corrected chi connectivity index (χ2v) is 5.92. The van der Waals surface area contributed by atoms with Gasteiger partial charge < -0.3 is 14.9 Å². The normalized spacial score (nSPS) is 24.8. The fourth-order valence-corrected chi connectivity index (χ4v) is 2.85. The molecule has 2 unspecified atom stereocenters. The van der Waals surface area contributed by atoms with Gasteiger partial charge in [0.05, 0.1) is 13.1 Å². The molecule has 3 atom stereocenters. The third-order valence-electron chi connectivity index (χ3n) is 4.12. The molecule has 3 N–H and O–H groups in total. The lowest BCUT2D eigenvalue weighted by atomic mass is 10.2. The third-order valence-corrected chi connectivity index (χ3v) is 4.12. The molecule has 124 valence electrons. The number of halogens is 4. The maximum Gasteiger partial charge on any atom is 0.419 e. The van der Waals surface area contributed by atoms with E-state index in [-0.39, 0.29) is 12.4 Å². The Morgan fingerprint density at radius 2 is 1.59 bits per heavy atom. The van der Waals surface area contributed by atoms with Crippen LogP contribution in [0.25, 0.3) is 0 Å². The largest absolute Gasteiger partial charge is 0.419 e. The van der Waals surface area contributed by atoms with Crippen LogP contribution in [0.15, 0.2) is 24.3 Å². The van der Waals surface area contributed by atoms with Gasteiger partial charge in [-0.25, -0.2) is 4.39 Å². The second kappa shape index (κ2) is 7.39. The fraction of sp³-hybridized carbons (Fsp3) is 0.600. The van der Waals surface area contributed by atoms with Gasteiger partial charge in [-0.2, -0.15) is 13.2 Å². The van der Waals surface area contributed by atoms with E-state index < -0.39 is 12.3 Å². The Hall–Kier alpha value is -1.18. The molecule has 22 heavy (non-hydrogen) atoms. The third kappa shape index (κ3) is 5.23. The molecular formula is C15H22F4N2O+2. The lowest BCUT2D eigenvalue weighted by molar-refractivity contribution is -0.947. The van der Waals surface area contributed by atoms with Gasteiger partial charge in [0.1, 0.15) is 32.0 Å². The Kier molecular flexibility index (Phi) is 5.77. The molecule has 0 aromatic heterocycles. The summed E-state index contributed by atoms with van der Waals surface area (Å²) >= 11 is 0. The highest BCUT2D eigenvalue weighted by Crippen LogP contribution is 2.18. The van der Waals surface area contributed by atoms with Crippen LogP contribution in [0.1, 0.15) is 12.0 Å². The van der Waals surface area contributed by atoms with Gasteiger partial charge in [-0.15, -0.1) is 0 Å². The molecule has 0 saturated carbocycles. The number of aliphatic hydroxyl groups excluding tert-OH is 1. The van der Waals surface area contributed by atoms with Gasteiger partial charge in [0.2, 0.25) is 0 Å². The summed E-state index contributed by atoms with van der Waals surface area (Å²) in [6.45, 7) is 3.33. The number of benzene rings is 1. The SMILES string of the molecule is O[C@@H](C[NH+]1CCC[NH+](Cc2ccc(F)cc2)CC1)C(F)(F)F. The Bertz CT molecular complexity index is 464. The molecule has 1 aromatic carbocycles. The summed E-state index contributed by atoms with van der Waals surface area (Å²) in [5, 5.41) is 9.17. The van der Waals surface area contributed by atoms with Crippen LogP contribution in [0.4, 0.5) is 17.6 Å². The van der Waals surface area contributed by atoms with Crippen molar-refractivity contribution in [2.45, 2.75) is 25.2 Å². The van der Waals surface area contributed by atoms with Crippen LogP contribution in [0, 0.1) is 5.82 Å². The maximum atomic E-state index is 12.9. The van der Waals surface area contributed by atoms with Gasteiger partial charge in [0.15, 0.2) is 6.10 Å². The van der Waals surface area contributed by atoms with Crippen molar-refractivity contribution in [1.82, 2.24) is 0 Å². The first-order valence-electron chi connectivity index (χ1n) is 7.51. The van der Waals surface area contributed by atoms with Crippen LogP contribution in [0.3, 0.4) is 0 Å². The number of rotatable bonds is 4. The van der Waals surface area contributed by atoms with Gasteiger partial charge >= 0.3 is 6.18 Å². The molecule has 0 bridgehead atoms. The zero-order valence-electron chi connectivity index (χ0n) is 12.3. The molecular weight excluding hydrogens is 300 g/mol. The average molecular weight is 322 g/mol. The molecule has 1 fully saturated rings. The van der Waals surface area contributed by atoms with E-state index in [0.29, 0.717) is 13.1 Å². The quantitative estimate of drug-likeness (QED) is 0.637. The maximum absolute atomic E-state index is 12.9. The minimum absolute atomic E-state index is 0.272. The fourth-order valence-electron chi connectivity index (χ4n) is 2.85. The van der Waals surface area contributed by atoms with Crippen molar-refractivity contribution in [2.24, 2.45) is 0 Å². The lowest BCUT2D eigenvalue weighted by Gasteiger charge is -2.21. The van der Waals surface area contributed by atoms with Gasteiger partial charge in [0, 0.05) is 12.0 Å². The predicted octanol–water partition coefficient (Wildman–Crippen LogP) is -0.578. The van der Waals surface area contributed by atoms with Gasteiger partial charge in [-0.3, -0.25) is 0 Å². The van der Waals surface area contributed by atoms with E-state index in [0.717, 1.165) is 36.5 Å². The molecule has 1 saturated heterocycles. The van der Waals surface area contributed by atoms with E-state index in [1.165, 1.54) is 17.0 Å². The first-order valence-corrected chi connectivity index (χ1v) is 7.51. The second-order valence-electron chi connectivity index (χ2n) is 5.92. The zero-order chi connectivity index (χ0) is 16.2. The van der Waals surface area contributed by atoms with Crippen LogP contribution >= 0.6 is 0 Å². The number of nitrogens with one attached hydrogen (secondary N) is 2. The summed E-state index contributed by atoms with van der Waals surface area (Å²) in [5.41, 5.74) is 1.02. The van der Waals surface area contributed by atoms with E-state index in [1.807, 2.05) is 0 Å². The van der Waals surface area contributed by atoms with Crippen molar-refractivity contribution in [3.8, 4) is 0 Å². The molecule has 1 heterocycles. The molecule has 2 rings (SSSR count). The van der Waals surface area contributed by atoms with Gasteiger partial charge in [-0.1, -0.05) is 12.1 Å². The molecule has 1 aliphatic rings. The molecule has 3 nitrogen and oxygen atoms in total. The van der Waals surface area contributed by atoms with E-state index >= 15 is 0 Å². The van der Waals surface area contributed by atoms with Crippen molar-refractivity contribution >= 4 is 0 Å². The standard InChI is InChI=1S/C15H20F4N2O/c16-13-4-2-12(3-5-13)10-20-6-1-7-21(9-8-20)11-14(22)15(17,18)19/h2-5,14,22H,1,6-11H2/p+2/t14-/m0/s1. The minimum atomic E-state index is -4.54. The molecule has 1 aromatic rings. The summed E-state index contributed by atoms with van der Waals surface area (Å²) in [5.74, 6) is -0.272. The zero-order valence-corrected chi connectivity index (χ0v) is 12.3. The monoisotopic (exact) mass is 322 g/mol. The van der Waals surface area contributed by atoms with Gasteiger partial charge in [-0.05, 0) is 12.1 Å². The van der Waals surface area contributed by atoms with Crippen molar-refractivity contribution in [3.63, 3.8) is 0 Å². The Labute approximate surface area is 127 Å². The lowest BCUT2D eigenvalue weighted by Crippen LogP contribution is -3.17. The Morgan fingerprint density at radius 1 is 1.00 bits per heavy atom. The highest BCUT2D eigenvalue weighted by atomic mass is 19.4. The summed E-state index contributed by atoms with van der Waals surface area (Å²) < 4.78 is 50.1. The predicted molar refractivity (Wildman–Crippen MR) is 73.0 cm³/mol. The summed E-state index contributed by atoms with van der Waals surface area (Å²) in [4.78, 5) is 2.07. The van der Waals surface area contributed by atoms with Crippen LogP contribution < -0.4 is 9.80 Å². The van der Waals surface area contributed by atoms with Crippen molar-refractivity contribution in [1.29, 1.82) is 0 Å². The summed E-state index contributed by atoms with van der Waals surface area (Å²) in [6, 6.07) is 6.32. The highest BCUT2D eigenvalue weighted by Gasteiger charge is 2.41. The first kappa shape index (κ1) is 17.2. The van der Waals surface area contributed by atoms with E-state index in [4.69, 9.17) is 5.11 Å². The summed E-state index contributed by atoms with van der Waals surface area (Å²) in [7, 11) is 0.